The number of methoxy groups -OCH3 is 1. The Morgan fingerprint density at radius 1 is 1.19 bits per heavy atom. The van der Waals surface area contributed by atoms with Crippen molar-refractivity contribution in [2.24, 2.45) is 0 Å². The molecule has 0 fully saturated rings. The second-order valence-corrected chi connectivity index (χ2v) is 9.71. The van der Waals surface area contributed by atoms with Gasteiger partial charge in [0.15, 0.2) is 5.78 Å². The Balaban J connectivity index is 1.81. The van der Waals surface area contributed by atoms with E-state index in [1.807, 2.05) is 54.8 Å². The fourth-order valence-electron chi connectivity index (χ4n) is 3.11. The van der Waals surface area contributed by atoms with Crippen LogP contribution in [0.4, 0.5) is 0 Å². The minimum atomic E-state index is -0.0254. The summed E-state index contributed by atoms with van der Waals surface area (Å²) in [5.74, 6) is 1.82. The van der Waals surface area contributed by atoms with Gasteiger partial charge in [-0.25, -0.2) is 0 Å². The van der Waals surface area contributed by atoms with E-state index < -0.39 is 0 Å². The predicted octanol–water partition coefficient (Wildman–Crippen LogP) is 8.08. The van der Waals surface area contributed by atoms with Crippen LogP contribution in [0, 0.1) is 6.92 Å². The largest absolute Gasteiger partial charge is 0.496 e. The van der Waals surface area contributed by atoms with Gasteiger partial charge in [-0.05, 0) is 81.9 Å². The number of carbonyl (C=O) groups is 1. The second-order valence-electron chi connectivity index (χ2n) is 7.48. The van der Waals surface area contributed by atoms with E-state index in [-0.39, 0.29) is 11.7 Å². The van der Waals surface area contributed by atoms with Crippen LogP contribution in [0.5, 0.6) is 11.5 Å². The van der Waals surface area contributed by atoms with Crippen LogP contribution in [0.1, 0.15) is 51.7 Å². The van der Waals surface area contributed by atoms with Crippen molar-refractivity contribution in [1.29, 1.82) is 0 Å². The molecule has 1 aromatic heterocycles. The molecule has 2 aromatic carbocycles. The lowest BCUT2D eigenvalue weighted by Crippen LogP contribution is -2.03. The molecule has 3 aromatic rings. The molecular formula is C25H24BrClO3S. The van der Waals surface area contributed by atoms with Crippen LogP contribution in [0.25, 0.3) is 6.08 Å². The Labute approximate surface area is 200 Å². The van der Waals surface area contributed by atoms with E-state index in [9.17, 15) is 4.79 Å². The zero-order valence-electron chi connectivity index (χ0n) is 17.9. The highest BCUT2D eigenvalue weighted by Gasteiger charge is 2.13. The molecule has 31 heavy (non-hydrogen) atoms. The minimum absolute atomic E-state index is 0.0254. The molecule has 0 saturated carbocycles. The molecule has 3 rings (SSSR count). The lowest BCUT2D eigenvalue weighted by molar-refractivity contribution is 0.105. The number of hydrogen-bond acceptors (Lipinski definition) is 4. The van der Waals surface area contributed by atoms with Crippen molar-refractivity contribution in [3.63, 3.8) is 0 Å². The van der Waals surface area contributed by atoms with Gasteiger partial charge in [-0.2, -0.15) is 0 Å². The molecular weight excluding hydrogens is 496 g/mol. The number of aryl methyl sites for hydroxylation is 1. The van der Waals surface area contributed by atoms with E-state index in [1.54, 1.807) is 13.2 Å². The summed E-state index contributed by atoms with van der Waals surface area (Å²) in [7, 11) is 1.64. The third-order valence-corrected chi connectivity index (χ3v) is 6.95. The molecule has 0 aliphatic carbocycles. The van der Waals surface area contributed by atoms with Crippen molar-refractivity contribution in [3.05, 3.63) is 84.5 Å². The standard InChI is InChI=1S/C25H24BrClO3S/c1-15(2)20-12-21(27)16(3)9-24(20)30-13-18-10-17(6-8-23(18)29-4)5-7-22(28)25-11-19(26)14-31-25/h5-12,14-15H,13H2,1-4H3/b7-5+. The molecule has 0 N–H and O–H groups in total. The Morgan fingerprint density at radius 3 is 2.61 bits per heavy atom. The molecule has 1 heterocycles. The molecule has 0 aliphatic rings. The van der Waals surface area contributed by atoms with E-state index in [0.29, 0.717) is 11.5 Å². The summed E-state index contributed by atoms with van der Waals surface area (Å²) < 4.78 is 12.6. The van der Waals surface area contributed by atoms with Crippen molar-refractivity contribution in [2.45, 2.75) is 33.3 Å². The summed E-state index contributed by atoms with van der Waals surface area (Å²) in [4.78, 5) is 13.0. The minimum Gasteiger partial charge on any atom is -0.496 e. The molecule has 6 heteroatoms. The third kappa shape index (κ3) is 6.00. The average Bonchev–Trinajstić information content (AvgIpc) is 3.18. The predicted molar refractivity (Wildman–Crippen MR) is 133 cm³/mol. The number of allylic oxidation sites excluding steroid dienone is 1. The van der Waals surface area contributed by atoms with Crippen molar-refractivity contribution < 1.29 is 14.3 Å². The van der Waals surface area contributed by atoms with Gasteiger partial charge in [0, 0.05) is 20.4 Å². The smallest absolute Gasteiger partial charge is 0.195 e. The van der Waals surface area contributed by atoms with Crippen LogP contribution in [-0.2, 0) is 6.61 Å². The van der Waals surface area contributed by atoms with Crippen molar-refractivity contribution in [2.75, 3.05) is 7.11 Å². The maximum Gasteiger partial charge on any atom is 0.195 e. The Morgan fingerprint density at radius 2 is 1.97 bits per heavy atom. The van der Waals surface area contributed by atoms with Crippen LogP contribution in [0.2, 0.25) is 5.02 Å². The Hall–Kier alpha value is -2.08. The molecule has 0 bridgehead atoms. The van der Waals surface area contributed by atoms with Gasteiger partial charge in [-0.1, -0.05) is 37.6 Å². The summed E-state index contributed by atoms with van der Waals surface area (Å²) >= 11 is 11.1. The molecule has 0 spiro atoms. The SMILES string of the molecule is COc1ccc(/C=C/C(=O)c2cc(Br)cs2)cc1COc1cc(C)c(Cl)cc1C(C)C. The maximum absolute atomic E-state index is 12.4. The van der Waals surface area contributed by atoms with Crippen molar-refractivity contribution in [3.8, 4) is 11.5 Å². The Kier molecular flexibility index (Phi) is 7.98. The van der Waals surface area contributed by atoms with E-state index in [1.165, 1.54) is 11.3 Å². The van der Waals surface area contributed by atoms with E-state index >= 15 is 0 Å². The van der Waals surface area contributed by atoms with Crippen LogP contribution in [0.15, 0.2) is 52.3 Å². The topological polar surface area (TPSA) is 35.5 Å². The zero-order chi connectivity index (χ0) is 22.5. The number of benzene rings is 2. The van der Waals surface area contributed by atoms with Gasteiger partial charge in [0.25, 0.3) is 0 Å². The lowest BCUT2D eigenvalue weighted by atomic mass is 10.0. The molecule has 0 atom stereocenters. The second kappa shape index (κ2) is 10.5. The third-order valence-electron chi connectivity index (χ3n) is 4.84. The normalized spacial score (nSPS) is 11.3. The summed E-state index contributed by atoms with van der Waals surface area (Å²) in [6.45, 7) is 6.54. The summed E-state index contributed by atoms with van der Waals surface area (Å²) in [6, 6.07) is 11.6. The number of rotatable bonds is 8. The first-order valence-electron chi connectivity index (χ1n) is 9.84. The van der Waals surface area contributed by atoms with Gasteiger partial charge in [0.05, 0.1) is 12.0 Å². The summed E-state index contributed by atoms with van der Waals surface area (Å²) in [5, 5.41) is 2.64. The number of thiophene rings is 1. The van der Waals surface area contributed by atoms with Gasteiger partial charge < -0.3 is 9.47 Å². The molecule has 3 nitrogen and oxygen atoms in total. The first-order chi connectivity index (χ1) is 14.8. The lowest BCUT2D eigenvalue weighted by Gasteiger charge is -2.17. The highest BCUT2D eigenvalue weighted by molar-refractivity contribution is 9.10. The van der Waals surface area contributed by atoms with Crippen LogP contribution in [-0.4, -0.2) is 12.9 Å². The van der Waals surface area contributed by atoms with Gasteiger partial charge in [-0.15, -0.1) is 11.3 Å². The quantitative estimate of drug-likeness (QED) is 0.223. The monoisotopic (exact) mass is 518 g/mol. The van der Waals surface area contributed by atoms with Crippen LogP contribution < -0.4 is 9.47 Å². The summed E-state index contributed by atoms with van der Waals surface area (Å²) in [6.07, 6.45) is 3.40. The molecule has 0 aliphatic heterocycles. The van der Waals surface area contributed by atoms with Crippen LogP contribution >= 0.6 is 38.9 Å². The van der Waals surface area contributed by atoms with Crippen molar-refractivity contribution in [1.82, 2.24) is 0 Å². The number of ketones is 1. The number of carbonyl (C=O) groups excluding carboxylic acids is 1. The van der Waals surface area contributed by atoms with Crippen LogP contribution in [0.3, 0.4) is 0 Å². The summed E-state index contributed by atoms with van der Waals surface area (Å²) in [5.41, 5.74) is 3.85. The average molecular weight is 520 g/mol. The zero-order valence-corrected chi connectivity index (χ0v) is 21.0. The van der Waals surface area contributed by atoms with E-state index in [0.717, 1.165) is 43.2 Å². The van der Waals surface area contributed by atoms with Gasteiger partial charge >= 0.3 is 0 Å². The molecule has 0 unspecified atom stereocenters. The number of hydrogen-bond donors (Lipinski definition) is 0. The molecule has 0 radical (unpaired) electrons. The van der Waals surface area contributed by atoms with Gasteiger partial charge in [0.1, 0.15) is 18.1 Å². The molecule has 0 amide bonds. The van der Waals surface area contributed by atoms with Crippen molar-refractivity contribution >= 4 is 50.7 Å². The molecule has 0 saturated heterocycles. The first kappa shape index (κ1) is 23.6. The van der Waals surface area contributed by atoms with Gasteiger partial charge in [0.2, 0.25) is 0 Å². The first-order valence-corrected chi connectivity index (χ1v) is 11.9. The maximum atomic E-state index is 12.4. The van der Waals surface area contributed by atoms with Gasteiger partial charge in [-0.3, -0.25) is 4.79 Å². The highest BCUT2D eigenvalue weighted by Crippen LogP contribution is 2.33. The number of halogens is 2. The Bertz CT molecular complexity index is 1120. The molecule has 162 valence electrons. The fourth-order valence-corrected chi connectivity index (χ4v) is 4.63. The van der Waals surface area contributed by atoms with E-state index in [4.69, 9.17) is 21.1 Å². The fraction of sp³-hybridized carbons (Fsp3) is 0.240. The van der Waals surface area contributed by atoms with E-state index in [2.05, 4.69) is 29.8 Å². The number of ether oxygens (including phenoxy) is 2. The highest BCUT2D eigenvalue weighted by atomic mass is 79.9.